The first-order chi connectivity index (χ1) is 8.79. The van der Waals surface area contributed by atoms with Crippen molar-refractivity contribution in [3.63, 3.8) is 0 Å². The van der Waals surface area contributed by atoms with E-state index >= 15 is 0 Å². The van der Waals surface area contributed by atoms with Crippen molar-refractivity contribution in [2.24, 2.45) is 11.8 Å². The highest BCUT2D eigenvalue weighted by atomic mass is 79.9. The lowest BCUT2D eigenvalue weighted by atomic mass is 9.95. The SMILES string of the molecule is Brc1cnn(CC2CN(CC3CCCOC3)C2)c1. The van der Waals surface area contributed by atoms with E-state index in [-0.39, 0.29) is 0 Å². The van der Waals surface area contributed by atoms with Gasteiger partial charge < -0.3 is 9.64 Å². The fourth-order valence-corrected chi connectivity index (χ4v) is 3.29. The van der Waals surface area contributed by atoms with Crippen LogP contribution in [0.1, 0.15) is 12.8 Å². The first-order valence-electron chi connectivity index (χ1n) is 6.77. The molecule has 2 aliphatic rings. The van der Waals surface area contributed by atoms with Crippen molar-refractivity contribution in [1.82, 2.24) is 14.7 Å². The van der Waals surface area contributed by atoms with E-state index in [1.807, 2.05) is 10.9 Å². The van der Waals surface area contributed by atoms with E-state index in [1.54, 1.807) is 0 Å². The van der Waals surface area contributed by atoms with Crippen molar-refractivity contribution >= 4 is 15.9 Å². The minimum absolute atomic E-state index is 0.763. The number of halogens is 1. The van der Waals surface area contributed by atoms with Gasteiger partial charge in [0.1, 0.15) is 0 Å². The Balaban J connectivity index is 1.37. The van der Waals surface area contributed by atoms with Gasteiger partial charge in [0.25, 0.3) is 0 Å². The number of aromatic nitrogens is 2. The fraction of sp³-hybridized carbons (Fsp3) is 0.769. The average molecular weight is 314 g/mol. The number of nitrogens with zero attached hydrogens (tertiary/aromatic N) is 3. The van der Waals surface area contributed by atoms with E-state index in [0.717, 1.165) is 36.1 Å². The van der Waals surface area contributed by atoms with Gasteiger partial charge in [-0.25, -0.2) is 0 Å². The quantitative estimate of drug-likeness (QED) is 0.852. The summed E-state index contributed by atoms with van der Waals surface area (Å²) < 4.78 is 8.64. The van der Waals surface area contributed by atoms with Gasteiger partial charge in [0.2, 0.25) is 0 Å². The number of hydrogen-bond acceptors (Lipinski definition) is 3. The van der Waals surface area contributed by atoms with Crippen LogP contribution in [0, 0.1) is 11.8 Å². The highest BCUT2D eigenvalue weighted by Crippen LogP contribution is 2.22. The van der Waals surface area contributed by atoms with Gasteiger partial charge in [0, 0.05) is 44.9 Å². The molecule has 2 saturated heterocycles. The summed E-state index contributed by atoms with van der Waals surface area (Å²) in [6.07, 6.45) is 6.49. The van der Waals surface area contributed by atoms with Crippen molar-refractivity contribution in [1.29, 1.82) is 0 Å². The summed E-state index contributed by atoms with van der Waals surface area (Å²) in [6.45, 7) is 6.63. The van der Waals surface area contributed by atoms with Gasteiger partial charge in [0.15, 0.2) is 0 Å². The molecule has 1 aromatic heterocycles. The molecule has 0 spiro atoms. The van der Waals surface area contributed by atoms with Gasteiger partial charge >= 0.3 is 0 Å². The maximum absolute atomic E-state index is 5.53. The second-order valence-electron chi connectivity index (χ2n) is 5.55. The van der Waals surface area contributed by atoms with Crippen LogP contribution in [0.25, 0.3) is 0 Å². The molecule has 0 aliphatic carbocycles. The molecule has 3 rings (SSSR count). The molecule has 1 atom stereocenters. The van der Waals surface area contributed by atoms with E-state index in [0.29, 0.717) is 0 Å². The Morgan fingerprint density at radius 3 is 2.89 bits per heavy atom. The van der Waals surface area contributed by atoms with E-state index in [1.165, 1.54) is 32.5 Å². The van der Waals surface area contributed by atoms with Crippen LogP contribution in [0.4, 0.5) is 0 Å². The smallest absolute Gasteiger partial charge is 0.0632 e. The van der Waals surface area contributed by atoms with Crippen molar-refractivity contribution in [2.75, 3.05) is 32.8 Å². The lowest BCUT2D eigenvalue weighted by Crippen LogP contribution is -2.50. The van der Waals surface area contributed by atoms with Gasteiger partial charge in [-0.3, -0.25) is 4.68 Å². The maximum Gasteiger partial charge on any atom is 0.0632 e. The predicted molar refractivity (Wildman–Crippen MR) is 73.4 cm³/mol. The average Bonchev–Trinajstić information content (AvgIpc) is 2.73. The molecule has 0 bridgehead atoms. The molecule has 0 aromatic carbocycles. The zero-order valence-corrected chi connectivity index (χ0v) is 12.2. The zero-order valence-electron chi connectivity index (χ0n) is 10.6. The van der Waals surface area contributed by atoms with Crippen molar-refractivity contribution in [2.45, 2.75) is 19.4 Å². The Hall–Kier alpha value is -0.390. The van der Waals surface area contributed by atoms with Crippen LogP contribution in [-0.2, 0) is 11.3 Å². The Kier molecular flexibility index (Phi) is 4.01. The highest BCUT2D eigenvalue weighted by molar-refractivity contribution is 9.10. The molecule has 4 nitrogen and oxygen atoms in total. The lowest BCUT2D eigenvalue weighted by molar-refractivity contribution is 0.00821. The summed E-state index contributed by atoms with van der Waals surface area (Å²) in [7, 11) is 0. The molecule has 0 N–H and O–H groups in total. The van der Waals surface area contributed by atoms with Crippen LogP contribution in [-0.4, -0.2) is 47.5 Å². The Morgan fingerprint density at radius 2 is 2.22 bits per heavy atom. The summed E-state index contributed by atoms with van der Waals surface area (Å²) in [4.78, 5) is 2.56. The van der Waals surface area contributed by atoms with E-state index in [4.69, 9.17) is 4.74 Å². The van der Waals surface area contributed by atoms with Crippen LogP contribution >= 0.6 is 15.9 Å². The number of hydrogen-bond donors (Lipinski definition) is 0. The summed E-state index contributed by atoms with van der Waals surface area (Å²) in [5.41, 5.74) is 0. The third-order valence-corrected chi connectivity index (χ3v) is 4.26. The molecule has 5 heteroatoms. The van der Waals surface area contributed by atoms with Crippen molar-refractivity contribution in [3.8, 4) is 0 Å². The van der Waals surface area contributed by atoms with Crippen LogP contribution in [0.3, 0.4) is 0 Å². The second kappa shape index (κ2) is 5.72. The summed E-state index contributed by atoms with van der Waals surface area (Å²) >= 11 is 3.43. The van der Waals surface area contributed by atoms with E-state index in [9.17, 15) is 0 Å². The molecule has 2 fully saturated rings. The first-order valence-corrected chi connectivity index (χ1v) is 7.57. The van der Waals surface area contributed by atoms with E-state index < -0.39 is 0 Å². The topological polar surface area (TPSA) is 30.3 Å². The molecular formula is C13H20BrN3O. The lowest BCUT2D eigenvalue weighted by Gasteiger charge is -2.41. The van der Waals surface area contributed by atoms with Crippen LogP contribution in [0.5, 0.6) is 0 Å². The standard InChI is InChI=1S/C13H20BrN3O/c14-13-4-15-17(9-13)8-12-6-16(7-12)5-11-2-1-3-18-10-11/h4,9,11-12H,1-3,5-8,10H2. The molecule has 0 radical (unpaired) electrons. The number of ether oxygens (including phenoxy) is 1. The Morgan fingerprint density at radius 1 is 1.33 bits per heavy atom. The van der Waals surface area contributed by atoms with Crippen LogP contribution in [0.15, 0.2) is 16.9 Å². The van der Waals surface area contributed by atoms with Gasteiger partial charge in [-0.2, -0.15) is 5.10 Å². The molecule has 2 aliphatic heterocycles. The minimum atomic E-state index is 0.763. The molecular weight excluding hydrogens is 294 g/mol. The highest BCUT2D eigenvalue weighted by Gasteiger charge is 2.29. The van der Waals surface area contributed by atoms with Crippen molar-refractivity contribution < 1.29 is 4.74 Å². The maximum atomic E-state index is 5.53. The van der Waals surface area contributed by atoms with Crippen LogP contribution in [0.2, 0.25) is 0 Å². The first kappa shape index (κ1) is 12.6. The van der Waals surface area contributed by atoms with Gasteiger partial charge in [-0.05, 0) is 34.7 Å². The van der Waals surface area contributed by atoms with E-state index in [2.05, 4.69) is 32.1 Å². The molecule has 3 heterocycles. The van der Waals surface area contributed by atoms with Crippen LogP contribution < -0.4 is 0 Å². The molecule has 0 amide bonds. The third-order valence-electron chi connectivity index (χ3n) is 3.85. The zero-order chi connectivity index (χ0) is 12.4. The third kappa shape index (κ3) is 3.13. The molecule has 18 heavy (non-hydrogen) atoms. The fourth-order valence-electron chi connectivity index (χ4n) is 2.96. The summed E-state index contributed by atoms with van der Waals surface area (Å²) in [5.74, 6) is 1.53. The van der Waals surface area contributed by atoms with Gasteiger partial charge in [-0.1, -0.05) is 0 Å². The number of rotatable bonds is 4. The second-order valence-corrected chi connectivity index (χ2v) is 6.46. The summed E-state index contributed by atoms with van der Waals surface area (Å²) in [5, 5.41) is 4.31. The molecule has 0 saturated carbocycles. The van der Waals surface area contributed by atoms with Gasteiger partial charge in [-0.15, -0.1) is 0 Å². The molecule has 1 aromatic rings. The predicted octanol–water partition coefficient (Wildman–Crippen LogP) is 2.00. The normalized spacial score (nSPS) is 26.2. The van der Waals surface area contributed by atoms with Gasteiger partial charge in [0.05, 0.1) is 17.3 Å². The largest absolute Gasteiger partial charge is 0.381 e. The Labute approximate surface area is 116 Å². The summed E-state index contributed by atoms with van der Waals surface area (Å²) in [6, 6.07) is 0. The number of likely N-dealkylation sites (tertiary alicyclic amines) is 1. The monoisotopic (exact) mass is 313 g/mol. The van der Waals surface area contributed by atoms with Crippen molar-refractivity contribution in [3.05, 3.63) is 16.9 Å². The minimum Gasteiger partial charge on any atom is -0.381 e. The Bertz CT molecular complexity index is 383. The molecule has 100 valence electrons. The molecule has 1 unspecified atom stereocenters.